The van der Waals surface area contributed by atoms with Crippen LogP contribution in [-0.4, -0.2) is 0 Å². The van der Waals surface area contributed by atoms with Crippen molar-refractivity contribution < 1.29 is 0 Å². The van der Waals surface area contributed by atoms with Crippen LogP contribution in [0.2, 0.25) is 5.02 Å². The molecule has 0 saturated heterocycles. The molecule has 1 aliphatic carbocycles. The van der Waals surface area contributed by atoms with Crippen LogP contribution in [0.25, 0.3) is 5.57 Å². The molecule has 0 aromatic heterocycles. The van der Waals surface area contributed by atoms with Gasteiger partial charge in [0.2, 0.25) is 0 Å². The molecular formula is C12H13Cl. The average molecular weight is 193 g/mol. The molecule has 0 heterocycles. The van der Waals surface area contributed by atoms with E-state index in [1.165, 1.54) is 22.3 Å². The molecule has 0 spiro atoms. The van der Waals surface area contributed by atoms with E-state index in [0.29, 0.717) is 0 Å². The van der Waals surface area contributed by atoms with E-state index >= 15 is 0 Å². The van der Waals surface area contributed by atoms with Gasteiger partial charge in [0.05, 0.1) is 0 Å². The van der Waals surface area contributed by atoms with Gasteiger partial charge < -0.3 is 0 Å². The Hall–Kier alpha value is -0.750. The zero-order valence-electron chi connectivity index (χ0n) is 8.02. The molecule has 0 radical (unpaired) electrons. The standard InChI is InChI=1S/C12H13Cl/c1-3-11-8(2)6-9-4-5-10(13)7-12(9)11/h4-5,7H,3,6H2,1-2H3. The maximum atomic E-state index is 5.97. The Morgan fingerprint density at radius 3 is 2.85 bits per heavy atom. The minimum atomic E-state index is 0.847. The number of hydrogen-bond donors (Lipinski definition) is 0. The molecule has 13 heavy (non-hydrogen) atoms. The van der Waals surface area contributed by atoms with Crippen LogP contribution in [0.4, 0.5) is 0 Å². The van der Waals surface area contributed by atoms with Crippen LogP contribution in [0.3, 0.4) is 0 Å². The van der Waals surface area contributed by atoms with Crippen molar-refractivity contribution in [1.29, 1.82) is 0 Å². The highest BCUT2D eigenvalue weighted by Crippen LogP contribution is 2.35. The molecular weight excluding hydrogens is 180 g/mol. The molecule has 2 rings (SSSR count). The van der Waals surface area contributed by atoms with Crippen LogP contribution >= 0.6 is 11.6 Å². The lowest BCUT2D eigenvalue weighted by Gasteiger charge is -2.03. The van der Waals surface area contributed by atoms with Crippen molar-refractivity contribution in [2.45, 2.75) is 26.7 Å². The normalized spacial score (nSPS) is 15.0. The van der Waals surface area contributed by atoms with Crippen LogP contribution < -0.4 is 0 Å². The summed E-state index contributed by atoms with van der Waals surface area (Å²) in [5.74, 6) is 0. The van der Waals surface area contributed by atoms with Gasteiger partial charge >= 0.3 is 0 Å². The Balaban J connectivity index is 2.55. The van der Waals surface area contributed by atoms with Crippen molar-refractivity contribution in [2.75, 3.05) is 0 Å². The summed E-state index contributed by atoms with van der Waals surface area (Å²) >= 11 is 5.97. The highest BCUT2D eigenvalue weighted by atomic mass is 35.5. The lowest BCUT2D eigenvalue weighted by Crippen LogP contribution is -1.83. The molecule has 68 valence electrons. The first kappa shape index (κ1) is 8.83. The van der Waals surface area contributed by atoms with Gasteiger partial charge in [0, 0.05) is 5.02 Å². The summed E-state index contributed by atoms with van der Waals surface area (Å²) in [5.41, 5.74) is 5.78. The van der Waals surface area contributed by atoms with Crippen molar-refractivity contribution in [3.05, 3.63) is 39.9 Å². The number of fused-ring (bicyclic) bond motifs is 1. The molecule has 0 nitrogen and oxygen atoms in total. The van der Waals surface area contributed by atoms with E-state index in [1.807, 2.05) is 6.07 Å². The summed E-state index contributed by atoms with van der Waals surface area (Å²) in [5, 5.41) is 0.847. The van der Waals surface area contributed by atoms with Crippen molar-refractivity contribution in [3.63, 3.8) is 0 Å². The van der Waals surface area contributed by atoms with Crippen LogP contribution in [0, 0.1) is 0 Å². The number of rotatable bonds is 1. The summed E-state index contributed by atoms with van der Waals surface area (Å²) in [7, 11) is 0. The molecule has 1 aliphatic rings. The number of hydrogen-bond acceptors (Lipinski definition) is 0. The van der Waals surface area contributed by atoms with Crippen molar-refractivity contribution in [2.24, 2.45) is 0 Å². The summed E-state index contributed by atoms with van der Waals surface area (Å²) in [4.78, 5) is 0. The van der Waals surface area contributed by atoms with E-state index in [9.17, 15) is 0 Å². The van der Waals surface area contributed by atoms with Gasteiger partial charge in [0.15, 0.2) is 0 Å². The SMILES string of the molecule is CCC1=C(C)Cc2ccc(Cl)cc21. The average Bonchev–Trinajstić information content (AvgIpc) is 2.40. The largest absolute Gasteiger partial charge is 0.0843 e. The first-order valence-electron chi connectivity index (χ1n) is 4.69. The van der Waals surface area contributed by atoms with E-state index in [2.05, 4.69) is 26.0 Å². The Bertz CT molecular complexity index is 375. The van der Waals surface area contributed by atoms with Crippen molar-refractivity contribution >= 4 is 17.2 Å². The fraction of sp³-hybridized carbons (Fsp3) is 0.333. The monoisotopic (exact) mass is 192 g/mol. The number of benzene rings is 1. The van der Waals surface area contributed by atoms with Crippen molar-refractivity contribution in [3.8, 4) is 0 Å². The highest BCUT2D eigenvalue weighted by Gasteiger charge is 2.16. The molecule has 0 atom stereocenters. The van der Waals surface area contributed by atoms with Crippen molar-refractivity contribution in [1.82, 2.24) is 0 Å². The van der Waals surface area contributed by atoms with Gasteiger partial charge in [-0.15, -0.1) is 0 Å². The quantitative estimate of drug-likeness (QED) is 0.629. The molecule has 1 aromatic carbocycles. The van der Waals surface area contributed by atoms with E-state index in [-0.39, 0.29) is 0 Å². The topological polar surface area (TPSA) is 0 Å². The Morgan fingerprint density at radius 2 is 2.15 bits per heavy atom. The lowest BCUT2D eigenvalue weighted by atomic mass is 10.0. The zero-order chi connectivity index (χ0) is 9.42. The smallest absolute Gasteiger partial charge is 0.0412 e. The third kappa shape index (κ3) is 1.40. The molecule has 0 saturated carbocycles. The lowest BCUT2D eigenvalue weighted by molar-refractivity contribution is 1.17. The van der Waals surface area contributed by atoms with Gasteiger partial charge in [-0.1, -0.05) is 30.2 Å². The minimum absolute atomic E-state index is 0.847. The van der Waals surface area contributed by atoms with Gasteiger partial charge in [-0.2, -0.15) is 0 Å². The predicted molar refractivity (Wildman–Crippen MR) is 58.0 cm³/mol. The molecule has 0 bridgehead atoms. The third-order valence-electron chi connectivity index (χ3n) is 2.72. The summed E-state index contributed by atoms with van der Waals surface area (Å²) in [6.45, 7) is 4.42. The van der Waals surface area contributed by atoms with Gasteiger partial charge in [-0.05, 0) is 48.6 Å². The summed E-state index contributed by atoms with van der Waals surface area (Å²) in [6, 6.07) is 6.21. The van der Waals surface area contributed by atoms with E-state index < -0.39 is 0 Å². The van der Waals surface area contributed by atoms with Gasteiger partial charge in [0.25, 0.3) is 0 Å². The first-order chi connectivity index (χ1) is 6.22. The van der Waals surface area contributed by atoms with Crippen LogP contribution in [0.1, 0.15) is 31.4 Å². The number of halogens is 1. The second-order valence-corrected chi connectivity index (χ2v) is 4.03. The highest BCUT2D eigenvalue weighted by molar-refractivity contribution is 6.30. The van der Waals surface area contributed by atoms with Crippen LogP contribution in [0.5, 0.6) is 0 Å². The molecule has 0 unspecified atom stereocenters. The third-order valence-corrected chi connectivity index (χ3v) is 2.96. The molecule has 0 amide bonds. The molecule has 0 fully saturated rings. The maximum Gasteiger partial charge on any atom is 0.0412 e. The second-order valence-electron chi connectivity index (χ2n) is 3.59. The molecule has 1 aromatic rings. The van der Waals surface area contributed by atoms with E-state index in [4.69, 9.17) is 11.6 Å². The van der Waals surface area contributed by atoms with Crippen LogP contribution in [0.15, 0.2) is 23.8 Å². The van der Waals surface area contributed by atoms with Gasteiger partial charge in [-0.3, -0.25) is 0 Å². The maximum absolute atomic E-state index is 5.97. The zero-order valence-corrected chi connectivity index (χ0v) is 8.78. The van der Waals surface area contributed by atoms with E-state index in [1.54, 1.807) is 0 Å². The molecule has 0 N–H and O–H groups in total. The second kappa shape index (κ2) is 3.19. The fourth-order valence-electron chi connectivity index (χ4n) is 2.10. The fourth-order valence-corrected chi connectivity index (χ4v) is 2.27. The Morgan fingerprint density at radius 1 is 1.38 bits per heavy atom. The van der Waals surface area contributed by atoms with Crippen LogP contribution in [-0.2, 0) is 6.42 Å². The Labute approximate surface area is 84.2 Å². The predicted octanol–water partition coefficient (Wildman–Crippen LogP) is 4.08. The summed E-state index contributed by atoms with van der Waals surface area (Å²) < 4.78 is 0. The minimum Gasteiger partial charge on any atom is -0.0843 e. The summed E-state index contributed by atoms with van der Waals surface area (Å²) in [6.07, 6.45) is 2.22. The number of allylic oxidation sites excluding steroid dienone is 2. The molecule has 0 aliphatic heterocycles. The van der Waals surface area contributed by atoms with Gasteiger partial charge in [0.1, 0.15) is 0 Å². The first-order valence-corrected chi connectivity index (χ1v) is 5.07. The molecule has 1 heteroatoms. The van der Waals surface area contributed by atoms with E-state index in [0.717, 1.165) is 17.9 Å². The Kier molecular flexibility index (Phi) is 2.17. The van der Waals surface area contributed by atoms with Gasteiger partial charge in [-0.25, -0.2) is 0 Å².